The van der Waals surface area contributed by atoms with Crippen LogP contribution in [0.2, 0.25) is 0 Å². The molecule has 0 bridgehead atoms. The molecule has 2 N–H and O–H groups in total. The number of rotatable bonds is 5. The van der Waals surface area contributed by atoms with Gasteiger partial charge in [-0.15, -0.1) is 0 Å². The first-order chi connectivity index (χ1) is 14.5. The zero-order valence-electron chi connectivity index (χ0n) is 17.3. The SMILES string of the molecule is CCOc1nc(N2CC3(CCN3)C2)ncc1C(=O)Nc1cn2cc(C)nc2c(C)n1. The Labute approximate surface area is 173 Å². The summed E-state index contributed by atoms with van der Waals surface area (Å²) in [5, 5.41) is 6.29. The van der Waals surface area contributed by atoms with E-state index in [1.54, 1.807) is 6.20 Å². The minimum absolute atomic E-state index is 0.221. The number of aromatic nitrogens is 5. The maximum absolute atomic E-state index is 12.9. The molecule has 2 aliphatic rings. The van der Waals surface area contributed by atoms with Gasteiger partial charge in [-0.2, -0.15) is 4.98 Å². The van der Waals surface area contributed by atoms with E-state index in [4.69, 9.17) is 4.74 Å². The van der Waals surface area contributed by atoms with Crippen molar-refractivity contribution in [3.8, 4) is 5.88 Å². The lowest BCUT2D eigenvalue weighted by molar-refractivity contribution is 0.102. The van der Waals surface area contributed by atoms with Crippen LogP contribution in [0.4, 0.5) is 11.8 Å². The molecular weight excluding hydrogens is 384 g/mol. The molecule has 2 fully saturated rings. The van der Waals surface area contributed by atoms with Crippen LogP contribution in [0, 0.1) is 13.8 Å². The topological polar surface area (TPSA) is 110 Å². The number of anilines is 2. The lowest BCUT2D eigenvalue weighted by Crippen LogP contribution is -2.76. The lowest BCUT2D eigenvalue weighted by Gasteiger charge is -2.56. The number of nitrogens with one attached hydrogen (secondary N) is 2. The van der Waals surface area contributed by atoms with Crippen LogP contribution in [0.1, 0.15) is 35.1 Å². The summed E-state index contributed by atoms with van der Waals surface area (Å²) >= 11 is 0. The third-order valence-electron chi connectivity index (χ3n) is 5.61. The standard InChI is InChI=1S/C20H24N8O2/c1-4-30-18-14(7-21-19(26-18)28-10-20(11-28)5-6-22-20)17(29)25-15-9-27-8-12(2)23-16(27)13(3)24-15/h7-9,22H,4-6,10-11H2,1-3H3,(H,25,29). The van der Waals surface area contributed by atoms with Crippen LogP contribution < -0.4 is 20.3 Å². The molecule has 5 rings (SSSR count). The third kappa shape index (κ3) is 3.13. The van der Waals surface area contributed by atoms with Gasteiger partial charge in [-0.3, -0.25) is 4.79 Å². The fourth-order valence-corrected chi connectivity index (χ4v) is 4.00. The Bertz CT molecular complexity index is 1130. The summed E-state index contributed by atoms with van der Waals surface area (Å²) in [6.07, 6.45) is 6.32. The summed E-state index contributed by atoms with van der Waals surface area (Å²) < 4.78 is 7.51. The number of hydrogen-bond donors (Lipinski definition) is 2. The van der Waals surface area contributed by atoms with E-state index in [1.165, 1.54) is 12.6 Å². The molecule has 156 valence electrons. The molecule has 2 saturated heterocycles. The van der Waals surface area contributed by atoms with E-state index in [0.717, 1.165) is 36.7 Å². The number of hydrogen-bond acceptors (Lipinski definition) is 8. The summed E-state index contributed by atoms with van der Waals surface area (Å²) in [7, 11) is 0. The van der Waals surface area contributed by atoms with Crippen molar-refractivity contribution in [2.75, 3.05) is 36.5 Å². The number of ether oxygens (including phenoxy) is 1. The van der Waals surface area contributed by atoms with Crippen molar-refractivity contribution in [2.24, 2.45) is 0 Å². The molecule has 2 aliphatic heterocycles. The number of fused-ring (bicyclic) bond motifs is 1. The molecule has 10 heteroatoms. The Balaban J connectivity index is 1.38. The third-order valence-corrected chi connectivity index (χ3v) is 5.61. The van der Waals surface area contributed by atoms with Crippen LogP contribution in [-0.2, 0) is 0 Å². The van der Waals surface area contributed by atoms with E-state index in [0.29, 0.717) is 18.4 Å². The van der Waals surface area contributed by atoms with Gasteiger partial charge in [-0.05, 0) is 33.7 Å². The molecular formula is C20H24N8O2. The van der Waals surface area contributed by atoms with Crippen molar-refractivity contribution < 1.29 is 9.53 Å². The zero-order chi connectivity index (χ0) is 20.9. The predicted molar refractivity (Wildman–Crippen MR) is 111 cm³/mol. The van der Waals surface area contributed by atoms with Gasteiger partial charge in [0.15, 0.2) is 5.65 Å². The second-order valence-electron chi connectivity index (χ2n) is 7.91. The molecule has 1 amide bonds. The molecule has 0 radical (unpaired) electrons. The van der Waals surface area contributed by atoms with Gasteiger partial charge in [0.1, 0.15) is 11.4 Å². The second-order valence-corrected chi connectivity index (χ2v) is 7.91. The van der Waals surface area contributed by atoms with Crippen LogP contribution >= 0.6 is 0 Å². The normalized spacial score (nSPS) is 17.0. The number of amides is 1. The molecule has 0 saturated carbocycles. The summed E-state index contributed by atoms with van der Waals surface area (Å²) in [5.41, 5.74) is 2.88. The van der Waals surface area contributed by atoms with Crippen LogP contribution in [0.15, 0.2) is 18.6 Å². The first kappa shape index (κ1) is 18.7. The number of carbonyl (C=O) groups is 1. The fourth-order valence-electron chi connectivity index (χ4n) is 4.00. The number of aryl methyl sites for hydroxylation is 2. The summed E-state index contributed by atoms with van der Waals surface area (Å²) in [6, 6.07) is 0. The fraction of sp³-hybridized carbons (Fsp3) is 0.450. The van der Waals surface area contributed by atoms with Crippen molar-refractivity contribution in [3.05, 3.63) is 35.5 Å². The highest BCUT2D eigenvalue weighted by molar-refractivity contribution is 6.05. The minimum atomic E-state index is -0.367. The van der Waals surface area contributed by atoms with Crippen LogP contribution in [0.3, 0.4) is 0 Å². The Morgan fingerprint density at radius 1 is 1.27 bits per heavy atom. The van der Waals surface area contributed by atoms with Gasteiger partial charge in [-0.1, -0.05) is 0 Å². The van der Waals surface area contributed by atoms with Crippen LogP contribution in [0.5, 0.6) is 5.88 Å². The molecule has 0 unspecified atom stereocenters. The highest BCUT2D eigenvalue weighted by atomic mass is 16.5. The van der Waals surface area contributed by atoms with Crippen LogP contribution in [0.25, 0.3) is 5.65 Å². The number of nitrogens with zero attached hydrogens (tertiary/aromatic N) is 6. The molecule has 1 spiro atoms. The van der Waals surface area contributed by atoms with Gasteiger partial charge < -0.3 is 24.7 Å². The second kappa shape index (κ2) is 6.91. The maximum Gasteiger partial charge on any atom is 0.263 e. The number of imidazole rings is 1. The van der Waals surface area contributed by atoms with Crippen molar-refractivity contribution in [1.82, 2.24) is 29.7 Å². The average molecular weight is 408 g/mol. The quantitative estimate of drug-likeness (QED) is 0.651. The summed E-state index contributed by atoms with van der Waals surface area (Å²) in [6.45, 7) is 8.85. The Morgan fingerprint density at radius 3 is 2.77 bits per heavy atom. The molecule has 0 atom stereocenters. The maximum atomic E-state index is 12.9. The average Bonchev–Trinajstić information content (AvgIpc) is 3.00. The summed E-state index contributed by atoms with van der Waals surface area (Å²) in [4.78, 5) is 32.8. The van der Waals surface area contributed by atoms with E-state index in [-0.39, 0.29) is 22.9 Å². The Morgan fingerprint density at radius 2 is 2.07 bits per heavy atom. The summed E-state index contributed by atoms with van der Waals surface area (Å²) in [5.74, 6) is 0.917. The smallest absolute Gasteiger partial charge is 0.263 e. The largest absolute Gasteiger partial charge is 0.477 e. The van der Waals surface area contributed by atoms with Crippen LogP contribution in [-0.4, -0.2) is 62.0 Å². The molecule has 10 nitrogen and oxygen atoms in total. The van der Waals surface area contributed by atoms with Crippen molar-refractivity contribution in [3.63, 3.8) is 0 Å². The molecule has 30 heavy (non-hydrogen) atoms. The molecule has 3 aromatic heterocycles. The highest BCUT2D eigenvalue weighted by Crippen LogP contribution is 2.33. The van der Waals surface area contributed by atoms with Gasteiger partial charge in [0.05, 0.1) is 29.7 Å². The molecule has 5 heterocycles. The highest BCUT2D eigenvalue weighted by Gasteiger charge is 2.48. The van der Waals surface area contributed by atoms with Gasteiger partial charge >= 0.3 is 0 Å². The zero-order valence-corrected chi connectivity index (χ0v) is 17.3. The minimum Gasteiger partial charge on any atom is -0.477 e. The first-order valence-electron chi connectivity index (χ1n) is 10.1. The predicted octanol–water partition coefficient (Wildman–Crippen LogP) is 1.34. The van der Waals surface area contributed by atoms with E-state index >= 15 is 0 Å². The lowest BCUT2D eigenvalue weighted by atomic mass is 9.80. The number of carbonyl (C=O) groups excluding carboxylic acids is 1. The van der Waals surface area contributed by atoms with E-state index in [2.05, 4.69) is 35.5 Å². The monoisotopic (exact) mass is 408 g/mol. The first-order valence-corrected chi connectivity index (χ1v) is 10.1. The van der Waals surface area contributed by atoms with Crippen molar-refractivity contribution in [2.45, 2.75) is 32.7 Å². The van der Waals surface area contributed by atoms with Gasteiger partial charge in [0, 0.05) is 25.5 Å². The Kier molecular flexibility index (Phi) is 4.31. The van der Waals surface area contributed by atoms with Crippen molar-refractivity contribution in [1.29, 1.82) is 0 Å². The van der Waals surface area contributed by atoms with Gasteiger partial charge in [0.25, 0.3) is 5.91 Å². The van der Waals surface area contributed by atoms with Gasteiger partial charge in [0.2, 0.25) is 11.8 Å². The molecule has 3 aromatic rings. The van der Waals surface area contributed by atoms with Crippen molar-refractivity contribution >= 4 is 23.3 Å². The Hall–Kier alpha value is -3.27. The van der Waals surface area contributed by atoms with E-state index in [9.17, 15) is 4.79 Å². The van der Waals surface area contributed by atoms with E-state index in [1.807, 2.05) is 31.4 Å². The van der Waals surface area contributed by atoms with E-state index < -0.39 is 0 Å². The molecule has 0 aromatic carbocycles. The molecule has 0 aliphatic carbocycles. The van der Waals surface area contributed by atoms with Gasteiger partial charge in [-0.25, -0.2) is 15.0 Å².